The van der Waals surface area contributed by atoms with E-state index in [0.29, 0.717) is 60.4 Å². The highest BCUT2D eigenvalue weighted by Crippen LogP contribution is 2.32. The van der Waals surface area contributed by atoms with Crippen molar-refractivity contribution in [2.45, 2.75) is 45.4 Å². The summed E-state index contributed by atoms with van der Waals surface area (Å²) in [5.41, 5.74) is 1.15. The van der Waals surface area contributed by atoms with Gasteiger partial charge in [0.25, 0.3) is 5.56 Å². The van der Waals surface area contributed by atoms with Crippen molar-refractivity contribution in [1.29, 1.82) is 0 Å². The van der Waals surface area contributed by atoms with Gasteiger partial charge in [0.05, 0.1) is 34.9 Å². The largest absolute Gasteiger partial charge is 0.493 e. The lowest BCUT2D eigenvalue weighted by atomic mass is 10.2. The average molecular weight is 611 g/mol. The van der Waals surface area contributed by atoms with Gasteiger partial charge in [-0.05, 0) is 45.4 Å². The van der Waals surface area contributed by atoms with Crippen LogP contribution in [0, 0.1) is 6.92 Å². The number of aromatic nitrogens is 6. The van der Waals surface area contributed by atoms with Crippen molar-refractivity contribution in [3.63, 3.8) is 0 Å². The predicted octanol–water partition coefficient (Wildman–Crippen LogP) is 2.22. The molecular formula is C28H34N8O6S. The zero-order valence-corrected chi connectivity index (χ0v) is 25.3. The Hall–Kier alpha value is -4.37. The van der Waals surface area contributed by atoms with Gasteiger partial charge in [-0.3, -0.25) is 4.79 Å². The van der Waals surface area contributed by atoms with Crippen molar-refractivity contribution in [2.24, 2.45) is 0 Å². The number of esters is 1. The van der Waals surface area contributed by atoms with E-state index in [9.17, 15) is 18.0 Å². The number of carbonyl (C=O) groups excluding carboxylic acids is 1. The van der Waals surface area contributed by atoms with E-state index in [2.05, 4.69) is 25.0 Å². The molecule has 3 aromatic heterocycles. The number of ether oxygens (including phenoxy) is 2. The first-order chi connectivity index (χ1) is 20.7. The standard InChI is InChI=1S/C28H34N8O6S/c1-5-8-23-31-18(4)24-26(37)32-25(33-36(23)24)21-15-20(9-10-22(21)41-6-2)43(39,40)35-13-11-34(12-14-35)28-29-16-19(17-30-28)27(38)42-7-3/h9-10,15-17H,5-8,11-14H2,1-4H3,(H,32,33,37). The Morgan fingerprint density at radius 1 is 1.05 bits per heavy atom. The molecule has 1 N–H and O–H groups in total. The number of rotatable bonds is 10. The van der Waals surface area contributed by atoms with Gasteiger partial charge in [-0.15, -0.1) is 5.10 Å². The number of hydrogen-bond donors (Lipinski definition) is 1. The smallest absolute Gasteiger partial charge is 0.341 e. The van der Waals surface area contributed by atoms with E-state index in [-0.39, 0.29) is 41.5 Å². The fourth-order valence-electron chi connectivity index (χ4n) is 4.96. The van der Waals surface area contributed by atoms with Crippen LogP contribution in [0.4, 0.5) is 5.95 Å². The van der Waals surface area contributed by atoms with Crippen LogP contribution in [0.25, 0.3) is 16.9 Å². The molecule has 0 amide bonds. The number of fused-ring (bicyclic) bond motifs is 1. The highest BCUT2D eigenvalue weighted by atomic mass is 32.2. The zero-order valence-electron chi connectivity index (χ0n) is 24.5. The van der Waals surface area contributed by atoms with Crippen molar-refractivity contribution in [3.05, 3.63) is 58.0 Å². The van der Waals surface area contributed by atoms with Crippen molar-refractivity contribution in [3.8, 4) is 17.1 Å². The summed E-state index contributed by atoms with van der Waals surface area (Å²) >= 11 is 0. The SMILES string of the molecule is CCCc1nc(C)c2c(=O)[nH]c(-c3cc(S(=O)(=O)N4CCN(c5ncc(C(=O)OCC)cn5)CC4)ccc3OCC)nn12. The summed E-state index contributed by atoms with van der Waals surface area (Å²) in [6, 6.07) is 4.56. The molecule has 5 rings (SSSR count). The van der Waals surface area contributed by atoms with E-state index in [0.717, 1.165) is 6.42 Å². The minimum Gasteiger partial charge on any atom is -0.493 e. The molecule has 0 aliphatic carbocycles. The topological polar surface area (TPSA) is 165 Å². The number of nitrogens with one attached hydrogen (secondary N) is 1. The molecule has 4 aromatic rings. The van der Waals surface area contributed by atoms with Crippen LogP contribution in [-0.4, -0.2) is 87.6 Å². The monoisotopic (exact) mass is 610 g/mol. The molecule has 0 atom stereocenters. The molecule has 1 aromatic carbocycles. The van der Waals surface area contributed by atoms with E-state index in [1.54, 1.807) is 19.9 Å². The van der Waals surface area contributed by atoms with Crippen LogP contribution in [0.1, 0.15) is 49.1 Å². The molecule has 43 heavy (non-hydrogen) atoms. The van der Waals surface area contributed by atoms with E-state index >= 15 is 0 Å². The summed E-state index contributed by atoms with van der Waals surface area (Å²) in [7, 11) is -3.91. The molecule has 0 saturated carbocycles. The summed E-state index contributed by atoms with van der Waals surface area (Å²) in [5, 5.41) is 4.66. The normalized spacial score (nSPS) is 14.3. The molecule has 15 heteroatoms. The fourth-order valence-corrected chi connectivity index (χ4v) is 6.41. The fraction of sp³-hybridized carbons (Fsp3) is 0.429. The lowest BCUT2D eigenvalue weighted by molar-refractivity contribution is 0.0525. The van der Waals surface area contributed by atoms with Crippen LogP contribution in [-0.2, 0) is 21.2 Å². The van der Waals surface area contributed by atoms with Crippen LogP contribution >= 0.6 is 0 Å². The van der Waals surface area contributed by atoms with Gasteiger partial charge in [0.2, 0.25) is 16.0 Å². The quantitative estimate of drug-likeness (QED) is 0.262. The molecule has 4 heterocycles. The van der Waals surface area contributed by atoms with Crippen LogP contribution in [0.3, 0.4) is 0 Å². The van der Waals surface area contributed by atoms with E-state index in [1.165, 1.54) is 33.3 Å². The summed E-state index contributed by atoms with van der Waals surface area (Å²) in [6.45, 7) is 9.00. The predicted molar refractivity (Wildman–Crippen MR) is 158 cm³/mol. The molecule has 14 nitrogen and oxygen atoms in total. The number of aromatic amines is 1. The van der Waals surface area contributed by atoms with Crippen molar-refractivity contribution < 1.29 is 22.7 Å². The highest BCUT2D eigenvalue weighted by Gasteiger charge is 2.30. The van der Waals surface area contributed by atoms with Crippen LogP contribution in [0.5, 0.6) is 5.75 Å². The molecular weight excluding hydrogens is 576 g/mol. The van der Waals surface area contributed by atoms with E-state index in [1.807, 2.05) is 18.7 Å². The Kier molecular flexibility index (Phi) is 8.73. The Morgan fingerprint density at radius 2 is 1.77 bits per heavy atom. The highest BCUT2D eigenvalue weighted by molar-refractivity contribution is 7.89. The maximum atomic E-state index is 13.8. The molecule has 1 aliphatic heterocycles. The minimum atomic E-state index is -3.91. The number of benzene rings is 1. The Bertz CT molecular complexity index is 1790. The Labute approximate surface area is 248 Å². The van der Waals surface area contributed by atoms with Crippen LogP contribution in [0.15, 0.2) is 40.3 Å². The molecule has 1 saturated heterocycles. The molecule has 0 unspecified atom stereocenters. The van der Waals surface area contributed by atoms with Gasteiger partial charge >= 0.3 is 5.97 Å². The number of anilines is 1. The molecule has 0 radical (unpaired) electrons. The summed E-state index contributed by atoms with van der Waals surface area (Å²) in [5.74, 6) is 1.13. The number of sulfonamides is 1. The van der Waals surface area contributed by atoms with E-state index < -0.39 is 16.0 Å². The van der Waals surface area contributed by atoms with Gasteiger partial charge in [0, 0.05) is 45.0 Å². The Balaban J connectivity index is 1.41. The van der Waals surface area contributed by atoms with Gasteiger partial charge in [0.15, 0.2) is 11.3 Å². The zero-order chi connectivity index (χ0) is 30.7. The molecule has 1 aliphatic rings. The molecule has 228 valence electrons. The van der Waals surface area contributed by atoms with Gasteiger partial charge in [-0.2, -0.15) is 4.31 Å². The van der Waals surface area contributed by atoms with Crippen LogP contribution in [0.2, 0.25) is 0 Å². The molecule has 1 fully saturated rings. The average Bonchev–Trinajstić information content (AvgIpc) is 3.33. The van der Waals surface area contributed by atoms with E-state index in [4.69, 9.17) is 9.47 Å². The summed E-state index contributed by atoms with van der Waals surface area (Å²) < 4.78 is 41.2. The second-order valence-electron chi connectivity index (χ2n) is 9.90. The third-order valence-electron chi connectivity index (χ3n) is 7.03. The van der Waals surface area contributed by atoms with Crippen LogP contribution < -0.4 is 15.2 Å². The number of hydrogen-bond acceptors (Lipinski definition) is 11. The number of imidazole rings is 1. The number of aryl methyl sites for hydroxylation is 2. The first-order valence-corrected chi connectivity index (χ1v) is 15.6. The number of nitrogens with zero attached hydrogens (tertiary/aromatic N) is 7. The third-order valence-corrected chi connectivity index (χ3v) is 8.93. The van der Waals surface area contributed by atoms with Gasteiger partial charge in [0.1, 0.15) is 11.6 Å². The van der Waals surface area contributed by atoms with Crippen molar-refractivity contribution in [2.75, 3.05) is 44.3 Å². The second-order valence-corrected chi connectivity index (χ2v) is 11.8. The van der Waals surface area contributed by atoms with Crippen molar-refractivity contribution in [1.82, 2.24) is 33.9 Å². The van der Waals surface area contributed by atoms with Gasteiger partial charge < -0.3 is 19.4 Å². The Morgan fingerprint density at radius 3 is 2.42 bits per heavy atom. The number of carbonyl (C=O) groups is 1. The maximum Gasteiger partial charge on any atom is 0.341 e. The molecule has 0 bridgehead atoms. The lowest BCUT2D eigenvalue weighted by Gasteiger charge is -2.34. The maximum absolute atomic E-state index is 13.8. The minimum absolute atomic E-state index is 0.0489. The summed E-state index contributed by atoms with van der Waals surface area (Å²) in [4.78, 5) is 42.7. The number of H-pyrrole nitrogens is 1. The second kappa shape index (κ2) is 12.5. The van der Waals surface area contributed by atoms with Gasteiger partial charge in [-0.1, -0.05) is 6.92 Å². The summed E-state index contributed by atoms with van der Waals surface area (Å²) in [6.07, 6.45) is 4.25. The third kappa shape index (κ3) is 5.95. The van der Waals surface area contributed by atoms with Crippen molar-refractivity contribution >= 4 is 27.5 Å². The number of piperazine rings is 1. The van der Waals surface area contributed by atoms with Gasteiger partial charge in [-0.25, -0.2) is 32.7 Å². The molecule has 0 spiro atoms. The first-order valence-electron chi connectivity index (χ1n) is 14.2. The first kappa shape index (κ1) is 30.1. The lowest BCUT2D eigenvalue weighted by Crippen LogP contribution is -2.49.